The topological polar surface area (TPSA) is 92.7 Å². The fraction of sp³-hybridized carbons (Fsp3) is 0.222. The zero-order chi connectivity index (χ0) is 20.1. The normalized spacial score (nSPS) is 12.0. The number of pyridine rings is 1. The molecule has 10 heteroatoms. The van der Waals surface area contributed by atoms with E-state index in [0.29, 0.717) is 23.1 Å². The molecule has 0 saturated carbocycles. The van der Waals surface area contributed by atoms with Gasteiger partial charge >= 0.3 is 5.69 Å². The van der Waals surface area contributed by atoms with Gasteiger partial charge in [-0.25, -0.2) is 14.9 Å². The maximum Gasteiger partial charge on any atom is 0.343 e. The lowest BCUT2D eigenvalue weighted by molar-refractivity contribution is -0.115. The fourth-order valence-electron chi connectivity index (χ4n) is 2.41. The summed E-state index contributed by atoms with van der Waals surface area (Å²) in [6, 6.07) is 11.3. The maximum atomic E-state index is 12.5. The number of nitrogens with zero attached hydrogens (tertiary/aromatic N) is 3. The second-order valence-corrected chi connectivity index (χ2v) is 8.08. The number of aromatic amines is 1. The summed E-state index contributed by atoms with van der Waals surface area (Å²) in [6.07, 6.45) is 2.08. The number of carbonyl (C=O) groups excluding carboxylic acids is 1. The van der Waals surface area contributed by atoms with Crippen LogP contribution in [0, 0.1) is 0 Å². The van der Waals surface area contributed by atoms with Gasteiger partial charge in [0.15, 0.2) is 11.0 Å². The Hall–Kier alpha value is -2.29. The third-order valence-corrected chi connectivity index (χ3v) is 5.48. The predicted octanol–water partition coefficient (Wildman–Crippen LogP) is 3.64. The zero-order valence-corrected chi connectivity index (χ0v) is 17.2. The van der Waals surface area contributed by atoms with Crippen LogP contribution in [0.5, 0.6) is 0 Å². The van der Waals surface area contributed by atoms with Crippen LogP contribution in [0.25, 0.3) is 0 Å². The molecule has 28 heavy (non-hydrogen) atoms. The van der Waals surface area contributed by atoms with Gasteiger partial charge in [0, 0.05) is 12.7 Å². The smallest absolute Gasteiger partial charge is 0.308 e. The first-order chi connectivity index (χ1) is 13.4. The van der Waals surface area contributed by atoms with E-state index >= 15 is 0 Å². The van der Waals surface area contributed by atoms with Crippen molar-refractivity contribution >= 4 is 46.7 Å². The number of hydrogen-bond acceptors (Lipinski definition) is 5. The molecule has 1 amide bonds. The lowest BCUT2D eigenvalue weighted by atomic mass is 10.1. The highest BCUT2D eigenvalue weighted by Crippen LogP contribution is 2.25. The molecule has 2 N–H and O–H groups in total. The van der Waals surface area contributed by atoms with Crippen LogP contribution in [-0.2, 0) is 17.8 Å². The molecular weight excluding hydrogens is 421 g/mol. The number of hydrogen-bond donors (Lipinski definition) is 2. The molecule has 0 aliphatic rings. The Balaban J connectivity index is 1.66. The SMILES string of the molecule is C[C@H](Sc1n[nH]c(=O)n1CCc1ccccc1)C(=O)Nc1ncc(Cl)cc1Cl. The van der Waals surface area contributed by atoms with Crippen LogP contribution in [0.1, 0.15) is 12.5 Å². The Labute approximate surface area is 175 Å². The molecule has 146 valence electrons. The van der Waals surface area contributed by atoms with Crippen LogP contribution >= 0.6 is 35.0 Å². The first-order valence-electron chi connectivity index (χ1n) is 8.41. The Morgan fingerprint density at radius 2 is 2.07 bits per heavy atom. The van der Waals surface area contributed by atoms with Crippen molar-refractivity contribution in [3.8, 4) is 0 Å². The summed E-state index contributed by atoms with van der Waals surface area (Å²) in [5.74, 6) is -0.0845. The molecule has 1 aromatic carbocycles. The van der Waals surface area contributed by atoms with Gasteiger partial charge in [0.1, 0.15) is 0 Å². The highest BCUT2D eigenvalue weighted by molar-refractivity contribution is 8.00. The first kappa shape index (κ1) is 20.4. The number of H-pyrrole nitrogens is 1. The number of aryl methyl sites for hydroxylation is 1. The molecule has 0 unspecified atom stereocenters. The van der Waals surface area contributed by atoms with Crippen LogP contribution in [0.15, 0.2) is 52.5 Å². The summed E-state index contributed by atoms with van der Waals surface area (Å²) in [4.78, 5) is 28.5. The molecule has 3 rings (SSSR count). The summed E-state index contributed by atoms with van der Waals surface area (Å²) in [6.45, 7) is 2.17. The third-order valence-electron chi connectivity index (χ3n) is 3.89. The number of amides is 1. The van der Waals surface area contributed by atoms with E-state index < -0.39 is 5.25 Å². The van der Waals surface area contributed by atoms with Gasteiger partial charge < -0.3 is 5.32 Å². The maximum absolute atomic E-state index is 12.5. The number of nitrogens with one attached hydrogen (secondary N) is 2. The Kier molecular flexibility index (Phi) is 6.77. The standard InChI is InChI=1S/C18H17Cl2N5O2S/c1-11(16(26)22-15-14(20)9-13(19)10-21-15)28-18-24-23-17(27)25(18)8-7-12-5-3-2-4-6-12/h2-6,9-11H,7-8H2,1H3,(H,23,27)(H,21,22,26)/t11-/m0/s1. The van der Waals surface area contributed by atoms with E-state index in [2.05, 4.69) is 20.5 Å². The van der Waals surface area contributed by atoms with Crippen molar-refractivity contribution in [1.82, 2.24) is 19.7 Å². The Morgan fingerprint density at radius 3 is 2.79 bits per heavy atom. The van der Waals surface area contributed by atoms with Gasteiger partial charge in [0.05, 0.1) is 15.3 Å². The van der Waals surface area contributed by atoms with Gasteiger partial charge in [-0.2, -0.15) is 0 Å². The molecule has 2 heterocycles. The molecular formula is C18H17Cl2N5O2S. The van der Waals surface area contributed by atoms with Crippen molar-refractivity contribution in [3.05, 3.63) is 68.7 Å². The largest absolute Gasteiger partial charge is 0.343 e. The van der Waals surface area contributed by atoms with E-state index in [1.165, 1.54) is 28.6 Å². The van der Waals surface area contributed by atoms with Gasteiger partial charge in [-0.3, -0.25) is 9.36 Å². The minimum atomic E-state index is -0.528. The molecule has 0 bridgehead atoms. The Bertz CT molecular complexity index is 1020. The number of rotatable bonds is 7. The van der Waals surface area contributed by atoms with Gasteiger partial charge in [0.25, 0.3) is 0 Å². The van der Waals surface area contributed by atoms with Gasteiger partial charge in [-0.05, 0) is 25.0 Å². The number of aromatic nitrogens is 4. The van der Waals surface area contributed by atoms with Gasteiger partial charge in [0.2, 0.25) is 5.91 Å². The lowest BCUT2D eigenvalue weighted by Gasteiger charge is -2.12. The van der Waals surface area contributed by atoms with E-state index in [1.807, 2.05) is 30.3 Å². The lowest BCUT2D eigenvalue weighted by Crippen LogP contribution is -2.24. The fourth-order valence-corrected chi connectivity index (χ4v) is 3.72. The second-order valence-electron chi connectivity index (χ2n) is 5.93. The molecule has 1 atom stereocenters. The quantitative estimate of drug-likeness (QED) is 0.550. The van der Waals surface area contributed by atoms with Crippen molar-refractivity contribution < 1.29 is 4.79 Å². The minimum Gasteiger partial charge on any atom is -0.308 e. The number of carbonyl (C=O) groups is 1. The minimum absolute atomic E-state index is 0.229. The van der Waals surface area contributed by atoms with E-state index in [9.17, 15) is 9.59 Å². The monoisotopic (exact) mass is 437 g/mol. The van der Waals surface area contributed by atoms with Crippen molar-refractivity contribution in [1.29, 1.82) is 0 Å². The number of thioether (sulfide) groups is 1. The van der Waals surface area contributed by atoms with E-state index in [4.69, 9.17) is 23.2 Å². The molecule has 3 aromatic rings. The number of benzene rings is 1. The zero-order valence-electron chi connectivity index (χ0n) is 14.9. The molecule has 2 aromatic heterocycles. The molecule has 0 fully saturated rings. The summed E-state index contributed by atoms with van der Waals surface area (Å²) < 4.78 is 1.52. The van der Waals surface area contributed by atoms with E-state index in [1.54, 1.807) is 6.92 Å². The van der Waals surface area contributed by atoms with Gasteiger partial charge in [-0.1, -0.05) is 65.3 Å². The summed E-state index contributed by atoms with van der Waals surface area (Å²) in [5, 5.41) is 9.67. The third kappa shape index (κ3) is 5.15. The van der Waals surface area contributed by atoms with Crippen LogP contribution in [0.3, 0.4) is 0 Å². The molecule has 7 nitrogen and oxygen atoms in total. The summed E-state index contributed by atoms with van der Waals surface area (Å²) >= 11 is 13.0. The molecule has 0 aliphatic carbocycles. The van der Waals surface area contributed by atoms with Crippen LogP contribution in [0.2, 0.25) is 10.0 Å². The number of anilines is 1. The molecule has 0 aliphatic heterocycles. The van der Waals surface area contributed by atoms with Gasteiger partial charge in [-0.15, -0.1) is 5.10 Å². The average molecular weight is 438 g/mol. The Morgan fingerprint density at radius 1 is 1.32 bits per heavy atom. The van der Waals surface area contributed by atoms with Crippen molar-refractivity contribution in [2.45, 2.75) is 30.3 Å². The first-order valence-corrected chi connectivity index (χ1v) is 10.1. The van der Waals surface area contributed by atoms with E-state index in [0.717, 1.165) is 5.56 Å². The van der Waals surface area contributed by atoms with Crippen LogP contribution < -0.4 is 11.0 Å². The predicted molar refractivity (Wildman–Crippen MR) is 111 cm³/mol. The molecule has 0 radical (unpaired) electrons. The average Bonchev–Trinajstić information content (AvgIpc) is 3.02. The number of halogens is 2. The van der Waals surface area contributed by atoms with Crippen molar-refractivity contribution in [2.75, 3.05) is 5.32 Å². The summed E-state index contributed by atoms with van der Waals surface area (Å²) in [7, 11) is 0. The van der Waals surface area contributed by atoms with E-state index in [-0.39, 0.29) is 22.4 Å². The van der Waals surface area contributed by atoms with Crippen molar-refractivity contribution in [2.24, 2.45) is 0 Å². The van der Waals surface area contributed by atoms with Crippen LogP contribution in [-0.4, -0.2) is 30.9 Å². The van der Waals surface area contributed by atoms with Crippen molar-refractivity contribution in [3.63, 3.8) is 0 Å². The highest BCUT2D eigenvalue weighted by atomic mass is 35.5. The van der Waals surface area contributed by atoms with Crippen LogP contribution in [0.4, 0.5) is 5.82 Å². The highest BCUT2D eigenvalue weighted by Gasteiger charge is 2.20. The molecule has 0 saturated heterocycles. The second kappa shape index (κ2) is 9.27. The summed E-state index contributed by atoms with van der Waals surface area (Å²) in [5.41, 5.74) is 0.800. The molecule has 0 spiro atoms.